The van der Waals surface area contributed by atoms with E-state index in [4.69, 9.17) is 0 Å². The summed E-state index contributed by atoms with van der Waals surface area (Å²) in [5, 5.41) is 18.7. The molecule has 20 heavy (non-hydrogen) atoms. The summed E-state index contributed by atoms with van der Waals surface area (Å²) in [6.07, 6.45) is 4.04. The Labute approximate surface area is 120 Å². The molecular weight excluding hydrogens is 252 g/mol. The molecule has 0 amide bonds. The molecule has 3 rings (SSSR count). The predicted molar refractivity (Wildman–Crippen MR) is 78.6 cm³/mol. The van der Waals surface area contributed by atoms with E-state index in [9.17, 15) is 5.11 Å². The molecular formula is C15H24N4O. The minimum atomic E-state index is -0.545. The summed E-state index contributed by atoms with van der Waals surface area (Å²) in [5.41, 5.74) is 1.05. The third-order valence-electron chi connectivity index (χ3n) is 4.58. The van der Waals surface area contributed by atoms with Crippen LogP contribution in [0.15, 0.2) is 12.2 Å². The molecule has 2 fully saturated rings. The van der Waals surface area contributed by atoms with Crippen molar-refractivity contribution >= 4 is 5.95 Å². The van der Waals surface area contributed by atoms with E-state index in [1.165, 1.54) is 19.3 Å². The number of nitrogens with zero attached hydrogens (tertiary/aromatic N) is 4. The standard InChI is InChI=1S/C15H24N4O/c1-4-13(20)14-16-17-15(19(14)8-10(2)3)18-9-11-6-5-7-12(11)18/h11-13,20H,2,4-9H2,1,3H3. The highest BCUT2D eigenvalue weighted by Crippen LogP contribution is 2.41. The Morgan fingerprint density at radius 1 is 1.45 bits per heavy atom. The van der Waals surface area contributed by atoms with Crippen molar-refractivity contribution in [3.05, 3.63) is 18.0 Å². The number of aromatic nitrogens is 3. The lowest BCUT2D eigenvalue weighted by Gasteiger charge is -2.45. The fourth-order valence-electron chi connectivity index (χ4n) is 3.49. The normalized spacial score (nSPS) is 26.2. The minimum Gasteiger partial charge on any atom is -0.385 e. The van der Waals surface area contributed by atoms with E-state index in [0.29, 0.717) is 24.8 Å². The Balaban J connectivity index is 1.90. The van der Waals surface area contributed by atoms with Crippen molar-refractivity contribution in [2.75, 3.05) is 11.4 Å². The van der Waals surface area contributed by atoms with Crippen molar-refractivity contribution in [2.45, 2.75) is 58.2 Å². The highest BCUT2D eigenvalue weighted by Gasteiger charge is 2.44. The second kappa shape index (κ2) is 5.20. The molecule has 1 saturated carbocycles. The number of fused-ring (bicyclic) bond motifs is 1. The van der Waals surface area contributed by atoms with Gasteiger partial charge < -0.3 is 10.0 Å². The molecule has 3 unspecified atom stereocenters. The summed E-state index contributed by atoms with van der Waals surface area (Å²) in [5.74, 6) is 2.43. The van der Waals surface area contributed by atoms with E-state index in [0.717, 1.165) is 24.0 Å². The van der Waals surface area contributed by atoms with E-state index in [1.54, 1.807) is 0 Å². The Bertz CT molecular complexity index is 510. The Hall–Kier alpha value is -1.36. The topological polar surface area (TPSA) is 54.2 Å². The zero-order valence-electron chi connectivity index (χ0n) is 12.4. The Morgan fingerprint density at radius 3 is 2.90 bits per heavy atom. The molecule has 0 spiro atoms. The molecule has 1 aliphatic carbocycles. The maximum Gasteiger partial charge on any atom is 0.227 e. The van der Waals surface area contributed by atoms with Crippen LogP contribution in [0.5, 0.6) is 0 Å². The second-order valence-electron chi connectivity index (χ2n) is 6.24. The SMILES string of the molecule is C=C(C)Cn1c(C(O)CC)nnc1N1CC2CCCC21. The van der Waals surface area contributed by atoms with Crippen molar-refractivity contribution < 1.29 is 5.11 Å². The maximum absolute atomic E-state index is 10.1. The summed E-state index contributed by atoms with van der Waals surface area (Å²) in [4.78, 5) is 2.36. The fourth-order valence-corrected chi connectivity index (χ4v) is 3.49. The largest absolute Gasteiger partial charge is 0.385 e. The molecule has 5 heteroatoms. The molecule has 1 aromatic rings. The van der Waals surface area contributed by atoms with Gasteiger partial charge in [0.25, 0.3) is 0 Å². The van der Waals surface area contributed by atoms with Crippen molar-refractivity contribution in [3.63, 3.8) is 0 Å². The number of allylic oxidation sites excluding steroid dienone is 1. The van der Waals surface area contributed by atoms with E-state index >= 15 is 0 Å². The number of rotatable bonds is 5. The van der Waals surface area contributed by atoms with Gasteiger partial charge in [0, 0.05) is 19.1 Å². The van der Waals surface area contributed by atoms with Gasteiger partial charge in [0.05, 0.1) is 0 Å². The van der Waals surface area contributed by atoms with Gasteiger partial charge in [-0.25, -0.2) is 0 Å². The van der Waals surface area contributed by atoms with Crippen molar-refractivity contribution in [2.24, 2.45) is 5.92 Å². The first-order chi connectivity index (χ1) is 9.61. The summed E-state index contributed by atoms with van der Waals surface area (Å²) >= 11 is 0. The van der Waals surface area contributed by atoms with Crippen LogP contribution in [0.3, 0.4) is 0 Å². The average Bonchev–Trinajstić information content (AvgIpc) is 2.94. The fraction of sp³-hybridized carbons (Fsp3) is 0.733. The molecule has 1 aromatic heterocycles. The molecule has 0 bridgehead atoms. The van der Waals surface area contributed by atoms with Crippen molar-refractivity contribution in [1.82, 2.24) is 14.8 Å². The van der Waals surface area contributed by atoms with E-state index in [-0.39, 0.29) is 0 Å². The average molecular weight is 276 g/mol. The first kappa shape index (κ1) is 13.6. The highest BCUT2D eigenvalue weighted by atomic mass is 16.3. The van der Waals surface area contributed by atoms with E-state index in [2.05, 4.69) is 21.7 Å². The van der Waals surface area contributed by atoms with Gasteiger partial charge in [0.15, 0.2) is 5.82 Å². The van der Waals surface area contributed by atoms with Crippen LogP contribution in [0.1, 0.15) is 51.5 Å². The molecule has 1 N–H and O–H groups in total. The third kappa shape index (κ3) is 2.14. The molecule has 2 aliphatic rings. The zero-order valence-corrected chi connectivity index (χ0v) is 12.4. The summed E-state index contributed by atoms with van der Waals surface area (Å²) in [7, 11) is 0. The maximum atomic E-state index is 10.1. The lowest BCUT2D eigenvalue weighted by molar-refractivity contribution is 0.159. The smallest absolute Gasteiger partial charge is 0.227 e. The van der Waals surface area contributed by atoms with Gasteiger partial charge >= 0.3 is 0 Å². The summed E-state index contributed by atoms with van der Waals surface area (Å²) in [6.45, 7) is 9.72. The number of hydrogen-bond acceptors (Lipinski definition) is 4. The number of hydrogen-bond donors (Lipinski definition) is 1. The quantitative estimate of drug-likeness (QED) is 0.838. The van der Waals surface area contributed by atoms with Gasteiger partial charge in [-0.3, -0.25) is 4.57 Å². The number of anilines is 1. The molecule has 2 heterocycles. The molecule has 1 aliphatic heterocycles. The van der Waals surface area contributed by atoms with Crippen molar-refractivity contribution in [1.29, 1.82) is 0 Å². The van der Waals surface area contributed by atoms with E-state index in [1.807, 2.05) is 18.4 Å². The second-order valence-corrected chi connectivity index (χ2v) is 6.24. The number of aliphatic hydroxyl groups excluding tert-OH is 1. The monoisotopic (exact) mass is 276 g/mol. The van der Waals surface area contributed by atoms with Gasteiger partial charge in [-0.05, 0) is 32.1 Å². The van der Waals surface area contributed by atoms with Gasteiger partial charge in [-0.15, -0.1) is 10.2 Å². The lowest BCUT2D eigenvalue weighted by atomic mass is 9.92. The van der Waals surface area contributed by atoms with Crippen LogP contribution in [0, 0.1) is 5.92 Å². The summed E-state index contributed by atoms with van der Waals surface area (Å²) < 4.78 is 2.05. The Kier molecular flexibility index (Phi) is 3.54. The zero-order chi connectivity index (χ0) is 14.3. The van der Waals surface area contributed by atoms with Gasteiger partial charge in [-0.1, -0.05) is 25.5 Å². The first-order valence-electron chi connectivity index (χ1n) is 7.64. The van der Waals surface area contributed by atoms with Crippen LogP contribution < -0.4 is 4.90 Å². The van der Waals surface area contributed by atoms with E-state index < -0.39 is 6.10 Å². The Morgan fingerprint density at radius 2 is 2.25 bits per heavy atom. The molecule has 5 nitrogen and oxygen atoms in total. The molecule has 0 radical (unpaired) electrons. The molecule has 110 valence electrons. The van der Waals surface area contributed by atoms with Crippen LogP contribution in [-0.4, -0.2) is 32.5 Å². The molecule has 3 atom stereocenters. The predicted octanol–water partition coefficient (Wildman–Crippen LogP) is 2.29. The molecule has 0 aromatic carbocycles. The van der Waals surface area contributed by atoms with Crippen molar-refractivity contribution in [3.8, 4) is 0 Å². The van der Waals surface area contributed by atoms with Crippen LogP contribution in [0.4, 0.5) is 5.95 Å². The van der Waals surface area contributed by atoms with Gasteiger partial charge in [-0.2, -0.15) is 0 Å². The van der Waals surface area contributed by atoms with Crippen LogP contribution in [-0.2, 0) is 6.54 Å². The van der Waals surface area contributed by atoms with Gasteiger partial charge in [0.1, 0.15) is 6.10 Å². The summed E-state index contributed by atoms with van der Waals surface area (Å²) in [6, 6.07) is 0.634. The lowest BCUT2D eigenvalue weighted by Crippen LogP contribution is -2.54. The van der Waals surface area contributed by atoms with Crippen LogP contribution in [0.25, 0.3) is 0 Å². The number of aliphatic hydroxyl groups is 1. The first-order valence-corrected chi connectivity index (χ1v) is 7.64. The molecule has 1 saturated heterocycles. The van der Waals surface area contributed by atoms with Gasteiger partial charge in [0.2, 0.25) is 5.95 Å². The highest BCUT2D eigenvalue weighted by molar-refractivity contribution is 5.40. The minimum absolute atomic E-state index is 0.545. The van der Waals surface area contributed by atoms with Crippen LogP contribution in [0.2, 0.25) is 0 Å². The van der Waals surface area contributed by atoms with Crippen LogP contribution >= 0.6 is 0 Å². The third-order valence-corrected chi connectivity index (χ3v) is 4.58.